The highest BCUT2D eigenvalue weighted by Crippen LogP contribution is 2.28. The molecule has 2 aromatic rings. The summed E-state index contributed by atoms with van der Waals surface area (Å²) < 4.78 is 7.17. The van der Waals surface area contributed by atoms with Crippen molar-refractivity contribution in [3.63, 3.8) is 0 Å². The van der Waals surface area contributed by atoms with E-state index in [9.17, 15) is 10.1 Å². The molecule has 1 aromatic carbocycles. The van der Waals surface area contributed by atoms with Crippen LogP contribution in [0, 0.1) is 10.1 Å². The number of aromatic nitrogens is 3. The van der Waals surface area contributed by atoms with Gasteiger partial charge in [0.1, 0.15) is 12.9 Å². The van der Waals surface area contributed by atoms with E-state index in [1.807, 2.05) is 0 Å². The lowest BCUT2D eigenvalue weighted by Crippen LogP contribution is -2.07. The number of hydrogen-bond acceptors (Lipinski definition) is 6. The lowest BCUT2D eigenvalue weighted by molar-refractivity contribution is -0.386. The summed E-state index contributed by atoms with van der Waals surface area (Å²) in [6, 6.07) is 4.89. The molecule has 0 spiro atoms. The van der Waals surface area contributed by atoms with Crippen molar-refractivity contribution in [2.45, 2.75) is 13.2 Å². The number of nitrogens with zero attached hydrogens (tertiary/aromatic N) is 4. The molecule has 0 bridgehead atoms. The molecule has 0 aliphatic carbocycles. The zero-order valence-electron chi connectivity index (χ0n) is 11.2. The average molecular weight is 277 g/mol. The van der Waals surface area contributed by atoms with Crippen molar-refractivity contribution < 1.29 is 9.66 Å². The number of aryl methyl sites for hydroxylation is 1. The highest BCUT2D eigenvalue weighted by atomic mass is 16.6. The first-order valence-electron chi connectivity index (χ1n) is 5.99. The summed E-state index contributed by atoms with van der Waals surface area (Å²) in [7, 11) is 3.56. The second kappa shape index (κ2) is 6.11. The third-order valence-corrected chi connectivity index (χ3v) is 2.76. The van der Waals surface area contributed by atoms with Gasteiger partial charge < -0.3 is 14.6 Å². The summed E-state index contributed by atoms with van der Waals surface area (Å²) in [6.07, 6.45) is 1.54. The van der Waals surface area contributed by atoms with Crippen LogP contribution in [-0.2, 0) is 20.2 Å². The van der Waals surface area contributed by atoms with Gasteiger partial charge in [-0.15, -0.1) is 10.2 Å². The van der Waals surface area contributed by atoms with Gasteiger partial charge in [-0.3, -0.25) is 10.1 Å². The largest absolute Gasteiger partial charge is 0.479 e. The highest BCUT2D eigenvalue weighted by molar-refractivity contribution is 5.48. The van der Waals surface area contributed by atoms with E-state index in [2.05, 4.69) is 15.5 Å². The van der Waals surface area contributed by atoms with Gasteiger partial charge in [0, 0.05) is 19.7 Å². The monoisotopic (exact) mass is 277 g/mol. The molecule has 8 heteroatoms. The Hall–Kier alpha value is -2.48. The molecule has 0 amide bonds. The lowest BCUT2D eigenvalue weighted by Gasteiger charge is -2.07. The van der Waals surface area contributed by atoms with E-state index in [0.29, 0.717) is 12.4 Å². The molecule has 0 radical (unpaired) electrons. The first-order chi connectivity index (χ1) is 9.61. The average Bonchev–Trinajstić information content (AvgIpc) is 2.83. The smallest absolute Gasteiger partial charge is 0.311 e. The molecule has 1 aromatic heterocycles. The summed E-state index contributed by atoms with van der Waals surface area (Å²) in [4.78, 5) is 10.6. The molecule has 106 valence electrons. The van der Waals surface area contributed by atoms with Gasteiger partial charge in [-0.1, -0.05) is 6.07 Å². The van der Waals surface area contributed by atoms with Crippen molar-refractivity contribution in [1.29, 1.82) is 0 Å². The van der Waals surface area contributed by atoms with Gasteiger partial charge in [0.15, 0.2) is 11.6 Å². The summed E-state index contributed by atoms with van der Waals surface area (Å²) in [6.45, 7) is 0.688. The Labute approximate surface area is 115 Å². The predicted molar refractivity (Wildman–Crippen MR) is 71.2 cm³/mol. The molecule has 0 aliphatic rings. The van der Waals surface area contributed by atoms with Gasteiger partial charge in [0.05, 0.1) is 4.92 Å². The Morgan fingerprint density at radius 1 is 1.50 bits per heavy atom. The van der Waals surface area contributed by atoms with E-state index >= 15 is 0 Å². The molecular weight excluding hydrogens is 262 g/mol. The van der Waals surface area contributed by atoms with Crippen LogP contribution in [-0.4, -0.2) is 26.7 Å². The quantitative estimate of drug-likeness (QED) is 0.625. The maximum atomic E-state index is 11.1. The van der Waals surface area contributed by atoms with Crippen molar-refractivity contribution in [1.82, 2.24) is 20.1 Å². The van der Waals surface area contributed by atoms with E-state index in [4.69, 9.17) is 4.74 Å². The van der Waals surface area contributed by atoms with Gasteiger partial charge in [-0.2, -0.15) is 0 Å². The maximum Gasteiger partial charge on any atom is 0.311 e. The van der Waals surface area contributed by atoms with Gasteiger partial charge in [0.25, 0.3) is 0 Å². The van der Waals surface area contributed by atoms with Crippen LogP contribution in [0.25, 0.3) is 0 Å². The maximum absolute atomic E-state index is 11.1. The number of nitro groups is 1. The molecule has 1 heterocycles. The predicted octanol–water partition coefficient (Wildman–Crippen LogP) is 1.02. The molecule has 0 atom stereocenters. The van der Waals surface area contributed by atoms with Crippen LogP contribution in [0.5, 0.6) is 5.75 Å². The lowest BCUT2D eigenvalue weighted by atomic mass is 10.2. The Balaban J connectivity index is 2.18. The number of ether oxygens (including phenoxy) is 1. The normalized spacial score (nSPS) is 10.5. The van der Waals surface area contributed by atoms with Gasteiger partial charge in [-0.25, -0.2) is 0 Å². The van der Waals surface area contributed by atoms with Crippen LogP contribution in [0.1, 0.15) is 11.4 Å². The second-order valence-corrected chi connectivity index (χ2v) is 4.24. The number of rotatable bonds is 6. The van der Waals surface area contributed by atoms with Crippen molar-refractivity contribution in [2.24, 2.45) is 7.05 Å². The SMILES string of the molecule is CNCc1ccc(OCc2nncn2C)c([N+](=O)[O-])c1. The minimum absolute atomic E-state index is 0.0556. The topological polar surface area (TPSA) is 95.1 Å². The third-order valence-electron chi connectivity index (χ3n) is 2.76. The Morgan fingerprint density at radius 2 is 2.30 bits per heavy atom. The molecule has 0 unspecified atom stereocenters. The Morgan fingerprint density at radius 3 is 2.90 bits per heavy atom. The van der Waals surface area contributed by atoms with E-state index in [0.717, 1.165) is 5.56 Å². The van der Waals surface area contributed by atoms with E-state index < -0.39 is 4.92 Å². The molecule has 0 saturated heterocycles. The van der Waals surface area contributed by atoms with Crippen molar-refractivity contribution in [3.05, 3.63) is 46.0 Å². The number of nitrogens with one attached hydrogen (secondary N) is 1. The van der Waals surface area contributed by atoms with Crippen LogP contribution >= 0.6 is 0 Å². The first kappa shape index (κ1) is 13.9. The molecule has 0 aliphatic heterocycles. The van der Waals surface area contributed by atoms with E-state index in [-0.39, 0.29) is 18.0 Å². The van der Waals surface area contributed by atoms with Crippen molar-refractivity contribution in [3.8, 4) is 5.75 Å². The second-order valence-electron chi connectivity index (χ2n) is 4.24. The van der Waals surface area contributed by atoms with Crippen LogP contribution in [0.4, 0.5) is 5.69 Å². The number of nitro benzene ring substituents is 1. The summed E-state index contributed by atoms with van der Waals surface area (Å²) in [5.74, 6) is 0.816. The number of benzene rings is 1. The minimum Gasteiger partial charge on any atom is -0.479 e. The molecule has 20 heavy (non-hydrogen) atoms. The summed E-state index contributed by atoms with van der Waals surface area (Å²) >= 11 is 0. The fourth-order valence-corrected chi connectivity index (χ4v) is 1.72. The zero-order chi connectivity index (χ0) is 14.5. The standard InChI is InChI=1S/C12H15N5O3/c1-13-6-9-3-4-11(10(5-9)17(18)19)20-7-12-15-14-8-16(12)2/h3-5,8,13H,6-7H2,1-2H3. The van der Waals surface area contributed by atoms with E-state index in [1.54, 1.807) is 37.1 Å². The van der Waals surface area contributed by atoms with Crippen LogP contribution in [0.2, 0.25) is 0 Å². The zero-order valence-corrected chi connectivity index (χ0v) is 11.2. The van der Waals surface area contributed by atoms with Gasteiger partial charge in [0.2, 0.25) is 0 Å². The minimum atomic E-state index is -0.453. The molecule has 2 rings (SSSR count). The summed E-state index contributed by atoms with van der Waals surface area (Å²) in [5, 5.41) is 21.6. The van der Waals surface area contributed by atoms with Crippen LogP contribution in [0.3, 0.4) is 0 Å². The fourth-order valence-electron chi connectivity index (χ4n) is 1.72. The Bertz CT molecular complexity index is 611. The van der Waals surface area contributed by atoms with Crippen LogP contribution in [0.15, 0.2) is 24.5 Å². The third kappa shape index (κ3) is 3.09. The van der Waals surface area contributed by atoms with Gasteiger partial charge in [-0.05, 0) is 18.7 Å². The van der Waals surface area contributed by atoms with E-state index in [1.165, 1.54) is 6.07 Å². The molecule has 0 saturated carbocycles. The van der Waals surface area contributed by atoms with Crippen molar-refractivity contribution in [2.75, 3.05) is 7.05 Å². The highest BCUT2D eigenvalue weighted by Gasteiger charge is 2.16. The first-order valence-corrected chi connectivity index (χ1v) is 5.99. The van der Waals surface area contributed by atoms with Gasteiger partial charge >= 0.3 is 5.69 Å². The summed E-state index contributed by atoms with van der Waals surface area (Å²) in [5.41, 5.74) is 0.769. The fraction of sp³-hybridized carbons (Fsp3) is 0.333. The molecule has 0 fully saturated rings. The number of hydrogen-bond donors (Lipinski definition) is 1. The van der Waals surface area contributed by atoms with Crippen LogP contribution < -0.4 is 10.1 Å². The molecule has 8 nitrogen and oxygen atoms in total. The van der Waals surface area contributed by atoms with Crippen molar-refractivity contribution >= 4 is 5.69 Å². The molecular formula is C12H15N5O3. The molecule has 1 N–H and O–H groups in total. The Kier molecular flexibility index (Phi) is 4.26.